The zero-order chi connectivity index (χ0) is 17.8. The zero-order valence-corrected chi connectivity index (χ0v) is 15.4. The molecule has 0 aliphatic heterocycles. The molecule has 0 unspecified atom stereocenters. The summed E-state index contributed by atoms with van der Waals surface area (Å²) in [6.45, 7) is 6.39. The average molecular weight is 332 g/mol. The molecule has 0 amide bonds. The molecule has 1 N–H and O–H groups in total. The van der Waals surface area contributed by atoms with Gasteiger partial charge in [-0.15, -0.1) is 0 Å². The van der Waals surface area contributed by atoms with E-state index in [0.29, 0.717) is 0 Å². The standard InChI is InChI=1S/C21H32O3/c1-17(9-5-11-19(3)15-21(22)23)7-4-8-18(2)10-6-12-20-13-14-24-16-20/h8-9,13-14,16,19H,4-7,10-12,15H2,1-3H3,(H,22,23)/b17-9-,18-8-/t19-/m1/s1. The number of carboxylic acid groups (broad SMARTS) is 1. The van der Waals surface area contributed by atoms with Crippen molar-refractivity contribution in [3.63, 3.8) is 0 Å². The van der Waals surface area contributed by atoms with E-state index >= 15 is 0 Å². The Balaban J connectivity index is 2.14. The van der Waals surface area contributed by atoms with Crippen LogP contribution in [0.5, 0.6) is 0 Å². The van der Waals surface area contributed by atoms with Crippen LogP contribution in [0, 0.1) is 5.92 Å². The quantitative estimate of drug-likeness (QED) is 0.466. The van der Waals surface area contributed by atoms with Crippen molar-refractivity contribution in [3.8, 4) is 0 Å². The van der Waals surface area contributed by atoms with E-state index in [4.69, 9.17) is 9.52 Å². The molecule has 134 valence electrons. The lowest BCUT2D eigenvalue weighted by Gasteiger charge is -2.06. The van der Waals surface area contributed by atoms with E-state index in [1.807, 2.05) is 19.3 Å². The van der Waals surface area contributed by atoms with Crippen LogP contribution in [0.3, 0.4) is 0 Å². The number of allylic oxidation sites excluding steroid dienone is 4. The SMILES string of the molecule is C/C(=C/CC[C@@H](C)CC(=O)O)CC/C=C(/C)CCCc1ccoc1. The molecule has 1 atom stereocenters. The normalized spacial score (nSPS) is 14.0. The largest absolute Gasteiger partial charge is 0.481 e. The first-order valence-electron chi connectivity index (χ1n) is 9.01. The Labute approximate surface area is 146 Å². The van der Waals surface area contributed by atoms with E-state index in [-0.39, 0.29) is 12.3 Å². The first kappa shape index (κ1) is 20.3. The van der Waals surface area contributed by atoms with E-state index in [2.05, 4.69) is 26.0 Å². The van der Waals surface area contributed by atoms with Crippen LogP contribution in [0.4, 0.5) is 0 Å². The molecule has 0 aliphatic carbocycles. The predicted molar refractivity (Wildman–Crippen MR) is 99.0 cm³/mol. The number of aliphatic carboxylic acids is 1. The van der Waals surface area contributed by atoms with Gasteiger partial charge in [-0.3, -0.25) is 4.79 Å². The molecule has 0 saturated heterocycles. The second-order valence-electron chi connectivity index (χ2n) is 6.91. The van der Waals surface area contributed by atoms with E-state index in [1.54, 1.807) is 6.26 Å². The van der Waals surface area contributed by atoms with Gasteiger partial charge in [0, 0.05) is 6.42 Å². The fourth-order valence-electron chi connectivity index (χ4n) is 2.77. The highest BCUT2D eigenvalue weighted by Gasteiger charge is 2.06. The van der Waals surface area contributed by atoms with Crippen LogP contribution in [0.15, 0.2) is 46.3 Å². The number of furan rings is 1. The number of rotatable bonds is 12. The average Bonchev–Trinajstić information content (AvgIpc) is 2.99. The van der Waals surface area contributed by atoms with E-state index in [0.717, 1.165) is 44.9 Å². The first-order chi connectivity index (χ1) is 11.5. The highest BCUT2D eigenvalue weighted by molar-refractivity contribution is 5.66. The Hall–Kier alpha value is -1.77. The van der Waals surface area contributed by atoms with Crippen molar-refractivity contribution in [3.05, 3.63) is 47.5 Å². The molecular weight excluding hydrogens is 300 g/mol. The Morgan fingerprint density at radius 2 is 1.92 bits per heavy atom. The summed E-state index contributed by atoms with van der Waals surface area (Å²) in [5, 5.41) is 8.75. The molecule has 0 saturated carbocycles. The maximum atomic E-state index is 10.6. The van der Waals surface area contributed by atoms with Crippen LogP contribution >= 0.6 is 0 Å². The summed E-state index contributed by atoms with van der Waals surface area (Å²) in [7, 11) is 0. The van der Waals surface area contributed by atoms with Crippen LogP contribution in [-0.4, -0.2) is 11.1 Å². The molecule has 1 heterocycles. The fourth-order valence-corrected chi connectivity index (χ4v) is 2.77. The lowest BCUT2D eigenvalue weighted by atomic mass is 10.00. The predicted octanol–water partition coefficient (Wildman–Crippen LogP) is 6.17. The van der Waals surface area contributed by atoms with Crippen LogP contribution in [0.25, 0.3) is 0 Å². The lowest BCUT2D eigenvalue weighted by molar-refractivity contribution is -0.138. The highest BCUT2D eigenvalue weighted by Crippen LogP contribution is 2.15. The van der Waals surface area contributed by atoms with Crippen molar-refractivity contribution in [1.29, 1.82) is 0 Å². The molecule has 0 bridgehead atoms. The third-order valence-corrected chi connectivity index (χ3v) is 4.32. The number of aryl methyl sites for hydroxylation is 1. The number of carbonyl (C=O) groups is 1. The second-order valence-corrected chi connectivity index (χ2v) is 6.91. The minimum absolute atomic E-state index is 0.254. The lowest BCUT2D eigenvalue weighted by Crippen LogP contribution is -2.03. The van der Waals surface area contributed by atoms with Crippen molar-refractivity contribution in [1.82, 2.24) is 0 Å². The molecule has 0 spiro atoms. The van der Waals surface area contributed by atoms with Crippen LogP contribution in [-0.2, 0) is 11.2 Å². The summed E-state index contributed by atoms with van der Waals surface area (Å²) >= 11 is 0. The van der Waals surface area contributed by atoms with Gasteiger partial charge in [-0.25, -0.2) is 0 Å². The maximum absolute atomic E-state index is 10.6. The van der Waals surface area contributed by atoms with Gasteiger partial charge in [-0.2, -0.15) is 0 Å². The third-order valence-electron chi connectivity index (χ3n) is 4.32. The van der Waals surface area contributed by atoms with Crippen LogP contribution in [0.2, 0.25) is 0 Å². The summed E-state index contributed by atoms with van der Waals surface area (Å²) in [6.07, 6.45) is 15.9. The third kappa shape index (κ3) is 10.1. The molecule has 3 nitrogen and oxygen atoms in total. The second kappa shape index (κ2) is 11.7. The Kier molecular flexibility index (Phi) is 9.90. The van der Waals surface area contributed by atoms with Crippen molar-refractivity contribution in [2.75, 3.05) is 0 Å². The molecule has 0 radical (unpaired) electrons. The van der Waals surface area contributed by atoms with Crippen molar-refractivity contribution >= 4 is 5.97 Å². The van der Waals surface area contributed by atoms with E-state index in [9.17, 15) is 4.79 Å². The molecule has 0 aromatic carbocycles. The van der Waals surface area contributed by atoms with Gasteiger partial charge in [0.15, 0.2) is 0 Å². The van der Waals surface area contributed by atoms with Gasteiger partial charge in [0.1, 0.15) is 0 Å². The Morgan fingerprint density at radius 1 is 1.21 bits per heavy atom. The minimum Gasteiger partial charge on any atom is -0.481 e. The summed E-state index contributed by atoms with van der Waals surface area (Å²) in [4.78, 5) is 10.6. The minimum atomic E-state index is -0.698. The Morgan fingerprint density at radius 3 is 2.58 bits per heavy atom. The van der Waals surface area contributed by atoms with Crippen molar-refractivity contribution < 1.29 is 14.3 Å². The van der Waals surface area contributed by atoms with Crippen LogP contribution in [0.1, 0.15) is 71.3 Å². The molecule has 0 aliphatic rings. The van der Waals surface area contributed by atoms with Crippen molar-refractivity contribution in [2.45, 2.75) is 72.1 Å². The van der Waals surface area contributed by atoms with Gasteiger partial charge in [-0.05, 0) is 76.3 Å². The summed E-state index contributed by atoms with van der Waals surface area (Å²) in [5.41, 5.74) is 4.14. The maximum Gasteiger partial charge on any atom is 0.303 e. The zero-order valence-electron chi connectivity index (χ0n) is 15.4. The summed E-state index contributed by atoms with van der Waals surface area (Å²) < 4.78 is 5.08. The first-order valence-corrected chi connectivity index (χ1v) is 9.01. The van der Waals surface area contributed by atoms with Crippen molar-refractivity contribution in [2.24, 2.45) is 5.92 Å². The molecule has 3 heteroatoms. The molecular formula is C21H32O3. The number of hydrogen-bond acceptors (Lipinski definition) is 2. The molecule has 1 rings (SSSR count). The number of carboxylic acids is 1. The Bertz CT molecular complexity index is 523. The molecule has 1 aromatic heterocycles. The van der Waals surface area contributed by atoms with Gasteiger partial charge in [-0.1, -0.05) is 30.2 Å². The van der Waals surface area contributed by atoms with Gasteiger partial charge >= 0.3 is 5.97 Å². The molecule has 24 heavy (non-hydrogen) atoms. The van der Waals surface area contributed by atoms with Gasteiger partial charge in [0.2, 0.25) is 0 Å². The summed E-state index contributed by atoms with van der Waals surface area (Å²) in [5.74, 6) is -0.444. The van der Waals surface area contributed by atoms with Gasteiger partial charge in [0.05, 0.1) is 12.5 Å². The molecule has 1 aromatic rings. The smallest absolute Gasteiger partial charge is 0.303 e. The van der Waals surface area contributed by atoms with Crippen LogP contribution < -0.4 is 0 Å². The van der Waals surface area contributed by atoms with E-state index < -0.39 is 5.97 Å². The molecule has 0 fully saturated rings. The van der Waals surface area contributed by atoms with Gasteiger partial charge in [0.25, 0.3) is 0 Å². The monoisotopic (exact) mass is 332 g/mol. The number of hydrogen-bond donors (Lipinski definition) is 1. The summed E-state index contributed by atoms with van der Waals surface area (Å²) in [6, 6.07) is 2.03. The fraction of sp³-hybridized carbons (Fsp3) is 0.571. The van der Waals surface area contributed by atoms with E-state index in [1.165, 1.54) is 16.7 Å². The van der Waals surface area contributed by atoms with Gasteiger partial charge < -0.3 is 9.52 Å². The highest BCUT2D eigenvalue weighted by atomic mass is 16.4. The topological polar surface area (TPSA) is 50.4 Å².